The van der Waals surface area contributed by atoms with Crippen molar-refractivity contribution in [1.82, 2.24) is 10.3 Å². The van der Waals surface area contributed by atoms with Gasteiger partial charge in [-0.25, -0.2) is 9.37 Å². The smallest absolute Gasteiger partial charge is 0.123 e. The van der Waals surface area contributed by atoms with Crippen molar-refractivity contribution >= 4 is 11.3 Å². The molecular formula is C15H17FN2S. The van der Waals surface area contributed by atoms with Crippen LogP contribution in [0.4, 0.5) is 4.39 Å². The molecule has 1 unspecified atom stereocenters. The van der Waals surface area contributed by atoms with E-state index in [1.165, 1.54) is 31.4 Å². The van der Waals surface area contributed by atoms with E-state index in [2.05, 4.69) is 10.3 Å². The van der Waals surface area contributed by atoms with Crippen LogP contribution >= 0.6 is 11.3 Å². The van der Waals surface area contributed by atoms with Gasteiger partial charge in [0.1, 0.15) is 5.82 Å². The van der Waals surface area contributed by atoms with Gasteiger partial charge < -0.3 is 5.32 Å². The summed E-state index contributed by atoms with van der Waals surface area (Å²) >= 11 is 1.67. The second-order valence-corrected chi connectivity index (χ2v) is 5.93. The quantitative estimate of drug-likeness (QED) is 0.926. The maximum atomic E-state index is 13.2. The van der Waals surface area contributed by atoms with E-state index >= 15 is 0 Å². The number of piperidine rings is 1. The summed E-state index contributed by atoms with van der Waals surface area (Å²) in [6, 6.07) is 7.19. The van der Waals surface area contributed by atoms with Gasteiger partial charge >= 0.3 is 0 Å². The molecule has 1 N–H and O–H groups in total. The minimum Gasteiger partial charge on any atom is -0.314 e. The number of nitrogens with zero attached hydrogens (tertiary/aromatic N) is 1. The van der Waals surface area contributed by atoms with Crippen molar-refractivity contribution in [2.75, 3.05) is 6.54 Å². The molecule has 0 bridgehead atoms. The number of hydrogen-bond donors (Lipinski definition) is 1. The van der Waals surface area contributed by atoms with Gasteiger partial charge in [0.05, 0.1) is 10.7 Å². The highest BCUT2D eigenvalue weighted by Crippen LogP contribution is 2.24. The lowest BCUT2D eigenvalue weighted by molar-refractivity contribution is 0.399. The van der Waals surface area contributed by atoms with Crippen molar-refractivity contribution in [3.8, 4) is 11.3 Å². The molecule has 2 nitrogen and oxygen atoms in total. The lowest BCUT2D eigenvalue weighted by Crippen LogP contribution is -2.35. The standard InChI is InChI=1S/C15H17FN2S/c16-12-5-3-4-11(8-12)14-10-19-15(18-14)9-13-6-1-2-7-17-13/h3-5,8,10,13,17H,1-2,6-7,9H2. The topological polar surface area (TPSA) is 24.9 Å². The van der Waals surface area contributed by atoms with E-state index in [1.807, 2.05) is 11.4 Å². The van der Waals surface area contributed by atoms with E-state index in [4.69, 9.17) is 0 Å². The third kappa shape index (κ3) is 3.19. The van der Waals surface area contributed by atoms with Gasteiger partial charge in [0.25, 0.3) is 0 Å². The van der Waals surface area contributed by atoms with Gasteiger partial charge in [0.2, 0.25) is 0 Å². The van der Waals surface area contributed by atoms with Gasteiger partial charge in [0, 0.05) is 23.4 Å². The number of hydrogen-bond acceptors (Lipinski definition) is 3. The molecule has 1 saturated heterocycles. The first-order valence-corrected chi connectivity index (χ1v) is 7.63. The summed E-state index contributed by atoms with van der Waals surface area (Å²) in [5, 5.41) is 6.69. The monoisotopic (exact) mass is 276 g/mol. The molecule has 1 aromatic heterocycles. The molecule has 0 spiro atoms. The third-order valence-electron chi connectivity index (χ3n) is 3.51. The van der Waals surface area contributed by atoms with Gasteiger partial charge in [-0.15, -0.1) is 11.3 Å². The summed E-state index contributed by atoms with van der Waals surface area (Å²) in [5.41, 5.74) is 1.74. The molecule has 0 amide bonds. The zero-order chi connectivity index (χ0) is 13.1. The summed E-state index contributed by atoms with van der Waals surface area (Å²) < 4.78 is 13.2. The highest BCUT2D eigenvalue weighted by molar-refractivity contribution is 7.09. The summed E-state index contributed by atoms with van der Waals surface area (Å²) in [5.74, 6) is -0.207. The Morgan fingerprint density at radius 1 is 1.37 bits per heavy atom. The molecule has 0 aliphatic carbocycles. The van der Waals surface area contributed by atoms with Crippen molar-refractivity contribution in [2.24, 2.45) is 0 Å². The van der Waals surface area contributed by atoms with Crippen LogP contribution in [-0.4, -0.2) is 17.6 Å². The van der Waals surface area contributed by atoms with E-state index in [-0.39, 0.29) is 5.82 Å². The Labute approximate surface area is 116 Å². The Bertz CT molecular complexity index is 547. The molecule has 0 saturated carbocycles. The Morgan fingerprint density at radius 2 is 2.32 bits per heavy atom. The van der Waals surface area contributed by atoms with Crippen LogP contribution < -0.4 is 5.32 Å². The largest absolute Gasteiger partial charge is 0.314 e. The van der Waals surface area contributed by atoms with E-state index in [1.54, 1.807) is 17.4 Å². The summed E-state index contributed by atoms with van der Waals surface area (Å²) in [6.07, 6.45) is 4.80. The zero-order valence-electron chi connectivity index (χ0n) is 10.7. The molecule has 1 fully saturated rings. The molecule has 1 aliphatic heterocycles. The fourth-order valence-electron chi connectivity index (χ4n) is 2.49. The lowest BCUT2D eigenvalue weighted by Gasteiger charge is -2.22. The number of rotatable bonds is 3. The predicted octanol–water partition coefficient (Wildman–Crippen LogP) is 3.63. The van der Waals surface area contributed by atoms with Gasteiger partial charge in [-0.3, -0.25) is 0 Å². The van der Waals surface area contributed by atoms with E-state index in [0.717, 1.165) is 29.2 Å². The molecule has 0 radical (unpaired) electrons. The second kappa shape index (κ2) is 5.80. The van der Waals surface area contributed by atoms with E-state index < -0.39 is 0 Å². The fourth-order valence-corrected chi connectivity index (χ4v) is 3.38. The van der Waals surface area contributed by atoms with Crippen LogP contribution in [0.1, 0.15) is 24.3 Å². The van der Waals surface area contributed by atoms with E-state index in [0.29, 0.717) is 6.04 Å². The number of halogens is 1. The molecule has 1 aromatic carbocycles. The molecular weight excluding hydrogens is 259 g/mol. The third-order valence-corrected chi connectivity index (χ3v) is 4.38. The summed E-state index contributed by atoms with van der Waals surface area (Å²) in [7, 11) is 0. The minimum atomic E-state index is -0.207. The lowest BCUT2D eigenvalue weighted by atomic mass is 10.0. The number of thiazole rings is 1. The van der Waals surface area contributed by atoms with Crippen LogP contribution in [0.25, 0.3) is 11.3 Å². The van der Waals surface area contributed by atoms with Crippen molar-refractivity contribution in [1.29, 1.82) is 0 Å². The summed E-state index contributed by atoms with van der Waals surface area (Å²) in [4.78, 5) is 4.63. The molecule has 2 heterocycles. The van der Waals surface area contributed by atoms with Crippen LogP contribution in [0.15, 0.2) is 29.6 Å². The second-order valence-electron chi connectivity index (χ2n) is 4.99. The Balaban J connectivity index is 1.72. The highest BCUT2D eigenvalue weighted by Gasteiger charge is 2.15. The average Bonchev–Trinajstić information content (AvgIpc) is 2.88. The minimum absolute atomic E-state index is 0.207. The van der Waals surface area contributed by atoms with Crippen LogP contribution in [0.2, 0.25) is 0 Å². The number of aromatic nitrogens is 1. The molecule has 1 atom stereocenters. The van der Waals surface area contributed by atoms with Crippen LogP contribution in [0, 0.1) is 5.82 Å². The predicted molar refractivity (Wildman–Crippen MR) is 76.9 cm³/mol. The Morgan fingerprint density at radius 3 is 3.11 bits per heavy atom. The number of nitrogens with one attached hydrogen (secondary N) is 1. The molecule has 3 rings (SSSR count). The number of benzene rings is 1. The van der Waals surface area contributed by atoms with Crippen molar-refractivity contribution < 1.29 is 4.39 Å². The average molecular weight is 276 g/mol. The first-order chi connectivity index (χ1) is 9.31. The van der Waals surface area contributed by atoms with E-state index in [9.17, 15) is 4.39 Å². The maximum Gasteiger partial charge on any atom is 0.123 e. The van der Waals surface area contributed by atoms with Crippen molar-refractivity contribution in [2.45, 2.75) is 31.7 Å². The summed E-state index contributed by atoms with van der Waals surface area (Å²) in [6.45, 7) is 1.12. The first-order valence-electron chi connectivity index (χ1n) is 6.75. The first kappa shape index (κ1) is 12.8. The SMILES string of the molecule is Fc1cccc(-c2csc(CC3CCCCN3)n2)c1. The van der Waals surface area contributed by atoms with Gasteiger partial charge in [0.15, 0.2) is 0 Å². The maximum absolute atomic E-state index is 13.2. The highest BCUT2D eigenvalue weighted by atomic mass is 32.1. The molecule has 4 heteroatoms. The van der Waals surface area contributed by atoms with Crippen LogP contribution in [0.3, 0.4) is 0 Å². The van der Waals surface area contributed by atoms with Crippen LogP contribution in [0.5, 0.6) is 0 Å². The van der Waals surface area contributed by atoms with Gasteiger partial charge in [-0.2, -0.15) is 0 Å². The van der Waals surface area contributed by atoms with Gasteiger partial charge in [-0.05, 0) is 31.5 Å². The van der Waals surface area contributed by atoms with Crippen molar-refractivity contribution in [3.05, 3.63) is 40.5 Å². The van der Waals surface area contributed by atoms with Crippen molar-refractivity contribution in [3.63, 3.8) is 0 Å². The Hall–Kier alpha value is -1.26. The Kier molecular flexibility index (Phi) is 3.89. The molecule has 2 aromatic rings. The van der Waals surface area contributed by atoms with Gasteiger partial charge in [-0.1, -0.05) is 18.6 Å². The molecule has 19 heavy (non-hydrogen) atoms. The molecule has 1 aliphatic rings. The zero-order valence-corrected chi connectivity index (χ0v) is 11.5. The fraction of sp³-hybridized carbons (Fsp3) is 0.400. The molecule has 100 valence electrons. The normalized spacial score (nSPS) is 19.5. The van der Waals surface area contributed by atoms with Crippen LogP contribution in [-0.2, 0) is 6.42 Å².